The number of esters is 1. The van der Waals surface area contributed by atoms with Crippen molar-refractivity contribution in [3.8, 4) is 0 Å². The average molecular weight is 344 g/mol. The van der Waals surface area contributed by atoms with E-state index >= 15 is 0 Å². The maximum atomic E-state index is 11.9. The minimum absolute atomic E-state index is 0.0282. The van der Waals surface area contributed by atoms with Crippen LogP contribution in [0.4, 0.5) is 0 Å². The molecule has 0 radical (unpaired) electrons. The lowest BCUT2D eigenvalue weighted by Gasteiger charge is -2.15. The van der Waals surface area contributed by atoms with Crippen LogP contribution >= 0.6 is 0 Å². The molecule has 0 aliphatic rings. The zero-order chi connectivity index (χ0) is 18.2. The molecule has 25 heavy (non-hydrogen) atoms. The van der Waals surface area contributed by atoms with Gasteiger partial charge < -0.3 is 20.3 Å². The van der Waals surface area contributed by atoms with Gasteiger partial charge in [-0.05, 0) is 24.1 Å². The predicted octanol–water partition coefficient (Wildman–Crippen LogP) is 0.644. The van der Waals surface area contributed by atoms with Gasteiger partial charge in [0, 0.05) is 6.20 Å². The Morgan fingerprint density at radius 2 is 1.88 bits per heavy atom. The van der Waals surface area contributed by atoms with Crippen LogP contribution in [-0.2, 0) is 20.9 Å². The normalized spacial score (nSPS) is 12.9. The number of aliphatic hydroxyl groups is 2. The van der Waals surface area contributed by atoms with Crippen LogP contribution in [0.2, 0.25) is 0 Å². The number of hydrogen-bond donors (Lipinski definition) is 3. The van der Waals surface area contributed by atoms with E-state index in [9.17, 15) is 19.8 Å². The van der Waals surface area contributed by atoms with Gasteiger partial charge in [0.1, 0.15) is 6.61 Å². The topological polar surface area (TPSA) is 109 Å². The second-order valence-corrected chi connectivity index (χ2v) is 5.46. The summed E-state index contributed by atoms with van der Waals surface area (Å²) in [6.07, 6.45) is -1.53. The van der Waals surface area contributed by atoms with Gasteiger partial charge in [-0.25, -0.2) is 4.79 Å². The Bertz CT molecular complexity index is 720. The minimum atomic E-state index is -1.52. The van der Waals surface area contributed by atoms with E-state index in [1.54, 1.807) is 43.3 Å². The Morgan fingerprint density at radius 1 is 1.16 bits per heavy atom. The van der Waals surface area contributed by atoms with Crippen LogP contribution in [0.15, 0.2) is 48.7 Å². The van der Waals surface area contributed by atoms with Crippen molar-refractivity contribution in [3.05, 3.63) is 65.5 Å². The highest BCUT2D eigenvalue weighted by atomic mass is 16.5. The molecular formula is C18H20N2O5. The molecule has 132 valence electrons. The molecule has 2 aromatic rings. The van der Waals surface area contributed by atoms with Gasteiger partial charge in [0.15, 0.2) is 12.2 Å². The van der Waals surface area contributed by atoms with E-state index in [1.807, 2.05) is 6.07 Å². The number of amides is 1. The summed E-state index contributed by atoms with van der Waals surface area (Å²) in [5.41, 5.74) is 1.67. The summed E-state index contributed by atoms with van der Waals surface area (Å²) in [4.78, 5) is 27.6. The molecule has 2 rings (SSSR count). The molecule has 0 spiro atoms. The number of nitrogens with zero attached hydrogens (tertiary/aromatic N) is 1. The van der Waals surface area contributed by atoms with Gasteiger partial charge in [-0.1, -0.05) is 36.4 Å². The van der Waals surface area contributed by atoms with Gasteiger partial charge in [0.25, 0.3) is 5.91 Å². The summed E-state index contributed by atoms with van der Waals surface area (Å²) >= 11 is 0. The monoisotopic (exact) mass is 344 g/mol. The number of aryl methyl sites for hydroxylation is 1. The highest BCUT2D eigenvalue weighted by Gasteiger charge is 2.23. The zero-order valence-electron chi connectivity index (χ0n) is 13.8. The van der Waals surface area contributed by atoms with Crippen molar-refractivity contribution in [2.24, 2.45) is 0 Å². The third-order valence-corrected chi connectivity index (χ3v) is 3.52. The molecular weight excluding hydrogens is 324 g/mol. The van der Waals surface area contributed by atoms with Crippen molar-refractivity contribution in [1.82, 2.24) is 10.3 Å². The van der Waals surface area contributed by atoms with Crippen LogP contribution in [-0.4, -0.2) is 39.7 Å². The Hall–Kier alpha value is -2.77. The quantitative estimate of drug-likeness (QED) is 0.636. The molecule has 2 unspecified atom stereocenters. The minimum Gasteiger partial charge on any atom is -0.459 e. The Morgan fingerprint density at radius 3 is 2.56 bits per heavy atom. The molecule has 3 N–H and O–H groups in total. The van der Waals surface area contributed by atoms with Crippen molar-refractivity contribution in [1.29, 1.82) is 0 Å². The molecule has 0 bridgehead atoms. The van der Waals surface area contributed by atoms with Crippen molar-refractivity contribution >= 4 is 11.9 Å². The largest absolute Gasteiger partial charge is 0.459 e. The number of carbonyl (C=O) groups excluding carboxylic acids is 2. The van der Waals surface area contributed by atoms with Crippen LogP contribution in [0.3, 0.4) is 0 Å². The third-order valence-electron chi connectivity index (χ3n) is 3.52. The average Bonchev–Trinajstić information content (AvgIpc) is 2.64. The fourth-order valence-electron chi connectivity index (χ4n) is 2.11. The van der Waals surface area contributed by atoms with Gasteiger partial charge in [0.05, 0.1) is 12.2 Å². The van der Waals surface area contributed by atoms with E-state index in [2.05, 4.69) is 10.3 Å². The predicted molar refractivity (Wildman–Crippen MR) is 89.2 cm³/mol. The number of aromatic nitrogens is 1. The lowest BCUT2D eigenvalue weighted by Crippen LogP contribution is -2.39. The Labute approximate surface area is 145 Å². The fourth-order valence-corrected chi connectivity index (χ4v) is 2.11. The number of hydrogen-bond acceptors (Lipinski definition) is 6. The number of pyridine rings is 1. The van der Waals surface area contributed by atoms with Gasteiger partial charge in [-0.3, -0.25) is 9.78 Å². The second kappa shape index (κ2) is 8.91. The fraction of sp³-hybridized carbons (Fsp3) is 0.278. The molecule has 1 amide bonds. The van der Waals surface area contributed by atoms with Gasteiger partial charge in [0.2, 0.25) is 0 Å². The molecule has 1 heterocycles. The number of rotatable bonds is 7. The number of nitrogens with one attached hydrogen (secondary N) is 1. The highest BCUT2D eigenvalue weighted by molar-refractivity contribution is 5.83. The SMILES string of the molecule is Cc1cccnc1C(O)C(=O)NCC(O)C(=O)OCc1ccccc1. The number of ether oxygens (including phenoxy) is 1. The zero-order valence-corrected chi connectivity index (χ0v) is 13.8. The molecule has 0 aliphatic carbocycles. The van der Waals surface area contributed by atoms with Gasteiger partial charge in [-0.2, -0.15) is 0 Å². The van der Waals surface area contributed by atoms with Crippen molar-refractivity contribution in [2.45, 2.75) is 25.7 Å². The third kappa shape index (κ3) is 5.37. The van der Waals surface area contributed by atoms with Crippen LogP contribution in [0.1, 0.15) is 22.9 Å². The first-order valence-corrected chi connectivity index (χ1v) is 7.75. The molecule has 0 aliphatic heterocycles. The van der Waals surface area contributed by atoms with Crippen LogP contribution in [0.25, 0.3) is 0 Å². The van der Waals surface area contributed by atoms with E-state index in [0.29, 0.717) is 5.56 Å². The van der Waals surface area contributed by atoms with E-state index in [1.165, 1.54) is 6.20 Å². The highest BCUT2D eigenvalue weighted by Crippen LogP contribution is 2.14. The second-order valence-electron chi connectivity index (χ2n) is 5.46. The van der Waals surface area contributed by atoms with Gasteiger partial charge >= 0.3 is 5.97 Å². The maximum absolute atomic E-state index is 11.9. The summed E-state index contributed by atoms with van der Waals surface area (Å²) in [5.74, 6) is -1.61. The van der Waals surface area contributed by atoms with Crippen molar-refractivity contribution in [3.63, 3.8) is 0 Å². The van der Waals surface area contributed by atoms with Crippen LogP contribution in [0, 0.1) is 6.92 Å². The standard InChI is InChI=1S/C18H20N2O5/c1-12-6-5-9-19-15(12)16(22)17(23)20-10-14(21)18(24)25-11-13-7-3-2-4-8-13/h2-9,14,16,21-22H,10-11H2,1H3,(H,20,23). The number of benzene rings is 1. The number of carbonyl (C=O) groups is 2. The molecule has 1 aromatic carbocycles. The molecule has 0 saturated heterocycles. The summed E-state index contributed by atoms with van der Waals surface area (Å²) in [5, 5.41) is 22.1. The lowest BCUT2D eigenvalue weighted by atomic mass is 10.1. The molecule has 1 aromatic heterocycles. The van der Waals surface area contributed by atoms with Crippen molar-refractivity contribution in [2.75, 3.05) is 6.54 Å². The molecule has 7 nitrogen and oxygen atoms in total. The molecule has 2 atom stereocenters. The first kappa shape index (κ1) is 18.6. The number of aliphatic hydroxyl groups excluding tert-OH is 2. The molecule has 0 saturated carbocycles. The molecule has 7 heteroatoms. The Kier molecular flexibility index (Phi) is 6.62. The van der Waals surface area contributed by atoms with Crippen LogP contribution < -0.4 is 5.32 Å². The van der Waals surface area contributed by atoms with E-state index < -0.39 is 24.1 Å². The first-order chi connectivity index (χ1) is 12.0. The van der Waals surface area contributed by atoms with E-state index in [4.69, 9.17) is 4.74 Å². The molecule has 0 fully saturated rings. The Balaban J connectivity index is 1.80. The van der Waals surface area contributed by atoms with Crippen molar-refractivity contribution < 1.29 is 24.5 Å². The van der Waals surface area contributed by atoms with Gasteiger partial charge in [-0.15, -0.1) is 0 Å². The summed E-state index contributed by atoms with van der Waals surface area (Å²) < 4.78 is 4.97. The maximum Gasteiger partial charge on any atom is 0.337 e. The lowest BCUT2D eigenvalue weighted by molar-refractivity contribution is -0.154. The van der Waals surface area contributed by atoms with Crippen LogP contribution in [0.5, 0.6) is 0 Å². The smallest absolute Gasteiger partial charge is 0.337 e. The summed E-state index contributed by atoms with van der Waals surface area (Å²) in [6, 6.07) is 12.4. The van der Waals surface area contributed by atoms with E-state index in [-0.39, 0.29) is 18.8 Å². The summed E-state index contributed by atoms with van der Waals surface area (Å²) in [7, 11) is 0. The van der Waals surface area contributed by atoms with E-state index in [0.717, 1.165) is 5.56 Å². The summed E-state index contributed by atoms with van der Waals surface area (Å²) in [6.45, 7) is 1.38. The first-order valence-electron chi connectivity index (χ1n) is 7.75.